The Bertz CT molecular complexity index is 790. The second-order valence-corrected chi connectivity index (χ2v) is 6.71. The predicted molar refractivity (Wildman–Crippen MR) is 103 cm³/mol. The summed E-state index contributed by atoms with van der Waals surface area (Å²) in [4.78, 5) is 29.8. The SMILES string of the molecule is CCOc1ccc(CN(C)C(C)C(=O)c2[nH]c(C)c(C(C)=O)c2C)cc1. The first kappa shape index (κ1) is 19.9. The number of ketones is 2. The first-order chi connectivity index (χ1) is 12.3. The number of carbonyl (C=O) groups excluding carboxylic acids is 2. The number of carbonyl (C=O) groups is 2. The van der Waals surface area contributed by atoms with Crippen LogP contribution in [0.15, 0.2) is 24.3 Å². The van der Waals surface area contributed by atoms with Gasteiger partial charge in [-0.15, -0.1) is 0 Å². The summed E-state index contributed by atoms with van der Waals surface area (Å²) in [5.41, 5.74) is 3.74. The van der Waals surface area contributed by atoms with Crippen LogP contribution < -0.4 is 4.74 Å². The number of aromatic nitrogens is 1. The highest BCUT2D eigenvalue weighted by atomic mass is 16.5. The van der Waals surface area contributed by atoms with Crippen molar-refractivity contribution in [1.82, 2.24) is 9.88 Å². The third-order valence-corrected chi connectivity index (χ3v) is 4.74. The van der Waals surface area contributed by atoms with Crippen molar-refractivity contribution in [2.24, 2.45) is 0 Å². The minimum Gasteiger partial charge on any atom is -0.494 e. The number of H-pyrrole nitrogens is 1. The highest BCUT2D eigenvalue weighted by molar-refractivity contribution is 6.05. The highest BCUT2D eigenvalue weighted by Gasteiger charge is 2.25. The maximum absolute atomic E-state index is 12.9. The molecule has 5 heteroatoms. The summed E-state index contributed by atoms with van der Waals surface area (Å²) in [6, 6.07) is 7.60. The number of hydrogen-bond acceptors (Lipinski definition) is 4. The van der Waals surface area contributed by atoms with E-state index in [-0.39, 0.29) is 17.6 Å². The summed E-state index contributed by atoms with van der Waals surface area (Å²) in [5, 5.41) is 0. The number of aromatic amines is 1. The Labute approximate surface area is 155 Å². The van der Waals surface area contributed by atoms with Crippen LogP contribution in [-0.2, 0) is 6.54 Å². The van der Waals surface area contributed by atoms with Gasteiger partial charge in [-0.05, 0) is 64.9 Å². The van der Waals surface area contributed by atoms with Gasteiger partial charge in [0.2, 0.25) is 0 Å². The molecule has 140 valence electrons. The van der Waals surface area contributed by atoms with Gasteiger partial charge in [0, 0.05) is 17.8 Å². The van der Waals surface area contributed by atoms with Crippen LogP contribution in [0.1, 0.15) is 58.4 Å². The van der Waals surface area contributed by atoms with Crippen molar-refractivity contribution in [3.8, 4) is 5.75 Å². The molecule has 1 aromatic heterocycles. The van der Waals surface area contributed by atoms with Crippen LogP contribution in [-0.4, -0.2) is 41.1 Å². The van der Waals surface area contributed by atoms with Gasteiger partial charge in [-0.1, -0.05) is 12.1 Å². The molecule has 0 saturated carbocycles. The van der Waals surface area contributed by atoms with Gasteiger partial charge in [0.1, 0.15) is 5.75 Å². The Balaban J connectivity index is 2.12. The predicted octanol–water partition coefficient (Wildman–Crippen LogP) is 3.94. The summed E-state index contributed by atoms with van der Waals surface area (Å²) in [6.07, 6.45) is 0. The van der Waals surface area contributed by atoms with Crippen molar-refractivity contribution < 1.29 is 14.3 Å². The molecule has 1 N–H and O–H groups in total. The molecule has 0 aliphatic heterocycles. The molecular formula is C21H28N2O3. The Hall–Kier alpha value is -2.40. The van der Waals surface area contributed by atoms with E-state index in [1.807, 2.05) is 63.9 Å². The molecule has 0 radical (unpaired) electrons. The van der Waals surface area contributed by atoms with Crippen molar-refractivity contribution in [3.05, 3.63) is 52.3 Å². The summed E-state index contributed by atoms with van der Waals surface area (Å²) in [6.45, 7) is 10.3. The van der Waals surface area contributed by atoms with Crippen LogP contribution in [0.3, 0.4) is 0 Å². The lowest BCUT2D eigenvalue weighted by atomic mass is 10.0. The van der Waals surface area contributed by atoms with Gasteiger partial charge < -0.3 is 9.72 Å². The minimum absolute atomic E-state index is 0.00784. The fourth-order valence-electron chi connectivity index (χ4n) is 3.22. The largest absolute Gasteiger partial charge is 0.494 e. The van der Waals surface area contributed by atoms with E-state index in [1.165, 1.54) is 6.92 Å². The average molecular weight is 356 g/mol. The zero-order valence-electron chi connectivity index (χ0n) is 16.5. The van der Waals surface area contributed by atoms with E-state index in [0.29, 0.717) is 24.4 Å². The van der Waals surface area contributed by atoms with E-state index in [0.717, 1.165) is 22.6 Å². The van der Waals surface area contributed by atoms with E-state index >= 15 is 0 Å². The second kappa shape index (κ2) is 8.32. The lowest BCUT2D eigenvalue weighted by Gasteiger charge is -2.23. The third-order valence-electron chi connectivity index (χ3n) is 4.74. The summed E-state index contributed by atoms with van der Waals surface area (Å²) < 4.78 is 5.46. The van der Waals surface area contributed by atoms with E-state index < -0.39 is 0 Å². The molecule has 0 bridgehead atoms. The van der Waals surface area contributed by atoms with Crippen LogP contribution in [0.5, 0.6) is 5.75 Å². The van der Waals surface area contributed by atoms with Gasteiger partial charge in [-0.3, -0.25) is 14.5 Å². The van der Waals surface area contributed by atoms with Crippen LogP contribution >= 0.6 is 0 Å². The molecule has 1 unspecified atom stereocenters. The molecule has 0 saturated heterocycles. The van der Waals surface area contributed by atoms with Gasteiger partial charge in [-0.2, -0.15) is 0 Å². The van der Waals surface area contributed by atoms with Crippen molar-refractivity contribution in [2.45, 2.75) is 47.2 Å². The Morgan fingerprint density at radius 2 is 1.81 bits per heavy atom. The van der Waals surface area contributed by atoms with Crippen molar-refractivity contribution >= 4 is 11.6 Å². The number of rotatable bonds is 8. The third kappa shape index (κ3) is 4.22. The quantitative estimate of drug-likeness (QED) is 0.728. The van der Waals surface area contributed by atoms with Crippen LogP contribution in [0.4, 0.5) is 0 Å². The van der Waals surface area contributed by atoms with Gasteiger partial charge >= 0.3 is 0 Å². The maximum Gasteiger partial charge on any atom is 0.196 e. The maximum atomic E-state index is 12.9. The fourth-order valence-corrected chi connectivity index (χ4v) is 3.22. The van der Waals surface area contributed by atoms with Crippen molar-refractivity contribution in [2.75, 3.05) is 13.7 Å². The summed E-state index contributed by atoms with van der Waals surface area (Å²) in [7, 11) is 1.93. The first-order valence-electron chi connectivity index (χ1n) is 8.92. The van der Waals surface area contributed by atoms with Crippen molar-refractivity contribution in [3.63, 3.8) is 0 Å². The number of benzene rings is 1. The smallest absolute Gasteiger partial charge is 0.196 e. The average Bonchev–Trinajstić information content (AvgIpc) is 2.90. The van der Waals surface area contributed by atoms with Gasteiger partial charge in [0.15, 0.2) is 11.6 Å². The molecule has 2 aromatic rings. The van der Waals surface area contributed by atoms with Crippen molar-refractivity contribution in [1.29, 1.82) is 0 Å². The standard InChI is InChI=1S/C21H28N2O3/c1-7-26-18-10-8-17(9-11-18)12-23(6)15(4)21(25)20-13(2)19(16(5)24)14(3)22-20/h8-11,15,22H,7,12H2,1-6H3. The van der Waals surface area contributed by atoms with Gasteiger partial charge in [0.25, 0.3) is 0 Å². The lowest BCUT2D eigenvalue weighted by molar-refractivity contribution is 0.0856. The summed E-state index contributed by atoms with van der Waals surface area (Å²) >= 11 is 0. The van der Waals surface area contributed by atoms with E-state index in [1.54, 1.807) is 0 Å². The van der Waals surface area contributed by atoms with Crippen LogP contribution in [0.2, 0.25) is 0 Å². The van der Waals surface area contributed by atoms with Crippen LogP contribution in [0.25, 0.3) is 0 Å². The number of hydrogen-bond donors (Lipinski definition) is 1. The number of nitrogens with one attached hydrogen (secondary N) is 1. The molecule has 26 heavy (non-hydrogen) atoms. The molecule has 0 aliphatic carbocycles. The van der Waals surface area contributed by atoms with Gasteiger partial charge in [0.05, 0.1) is 18.3 Å². The molecular weight excluding hydrogens is 328 g/mol. The number of aryl methyl sites for hydroxylation is 1. The molecule has 1 aromatic carbocycles. The molecule has 0 aliphatic rings. The molecule has 0 spiro atoms. The van der Waals surface area contributed by atoms with E-state index in [9.17, 15) is 9.59 Å². The fraction of sp³-hybridized carbons (Fsp3) is 0.429. The number of likely N-dealkylation sites (N-methyl/N-ethyl adjacent to an activating group) is 1. The minimum atomic E-state index is -0.307. The first-order valence-corrected chi connectivity index (χ1v) is 8.92. The molecule has 0 fully saturated rings. The summed E-state index contributed by atoms with van der Waals surface area (Å²) in [5.74, 6) is 0.814. The van der Waals surface area contributed by atoms with Gasteiger partial charge in [-0.25, -0.2) is 0 Å². The zero-order chi connectivity index (χ0) is 19.4. The van der Waals surface area contributed by atoms with E-state index in [4.69, 9.17) is 4.74 Å². The molecule has 1 heterocycles. The lowest BCUT2D eigenvalue weighted by Crippen LogP contribution is -2.36. The molecule has 5 nitrogen and oxygen atoms in total. The Kier molecular flexibility index (Phi) is 6.37. The molecule has 2 rings (SSSR count). The Morgan fingerprint density at radius 3 is 2.31 bits per heavy atom. The number of ether oxygens (including phenoxy) is 1. The van der Waals surface area contributed by atoms with Crippen LogP contribution in [0, 0.1) is 13.8 Å². The topological polar surface area (TPSA) is 62.4 Å². The zero-order valence-corrected chi connectivity index (χ0v) is 16.5. The monoisotopic (exact) mass is 356 g/mol. The number of Topliss-reactive ketones (excluding diaryl/α,β-unsaturated/α-hetero) is 2. The Morgan fingerprint density at radius 1 is 1.19 bits per heavy atom. The molecule has 0 amide bonds. The second-order valence-electron chi connectivity index (χ2n) is 6.71. The van der Waals surface area contributed by atoms with E-state index in [2.05, 4.69) is 4.98 Å². The number of nitrogens with zero attached hydrogens (tertiary/aromatic N) is 1. The molecule has 1 atom stereocenters. The normalized spacial score (nSPS) is 12.3. The highest BCUT2D eigenvalue weighted by Crippen LogP contribution is 2.21.